The molecule has 0 N–H and O–H groups in total. The van der Waals surface area contributed by atoms with E-state index in [1.54, 1.807) is 11.3 Å². The van der Waals surface area contributed by atoms with Crippen molar-refractivity contribution < 1.29 is 8.42 Å². The molecule has 0 saturated carbocycles. The second-order valence-electron chi connectivity index (χ2n) is 5.79. The summed E-state index contributed by atoms with van der Waals surface area (Å²) in [7, 11) is -3.64. The summed E-state index contributed by atoms with van der Waals surface area (Å²) in [6.45, 7) is 0.733. The number of nitriles is 1. The first-order valence-corrected chi connectivity index (χ1v) is 10.5. The van der Waals surface area contributed by atoms with Gasteiger partial charge in [0.05, 0.1) is 16.5 Å². The molecule has 26 heavy (non-hydrogen) atoms. The lowest BCUT2D eigenvalue weighted by Gasteiger charge is -2.22. The molecule has 6 heteroatoms. The molecule has 0 amide bonds. The lowest BCUT2D eigenvalue weighted by atomic mass is 10.1. The van der Waals surface area contributed by atoms with E-state index in [4.69, 9.17) is 5.26 Å². The summed E-state index contributed by atoms with van der Waals surface area (Å²) in [6.07, 6.45) is 0.641. The summed E-state index contributed by atoms with van der Waals surface area (Å²) in [5.74, 6) is 0. The molecule has 0 radical (unpaired) electrons. The van der Waals surface area contributed by atoms with E-state index in [0.29, 0.717) is 25.1 Å². The standard InChI is InChI=1S/C20H18N2O2S2/c21-15-18-8-10-20(11-9-18)26(23,24)22(16-19-7-4-14-25-19)13-12-17-5-2-1-3-6-17/h1-11,14H,12-13,16H2. The number of thiophene rings is 1. The average molecular weight is 383 g/mol. The summed E-state index contributed by atoms with van der Waals surface area (Å²) in [6, 6.07) is 21.8. The van der Waals surface area contributed by atoms with Crippen LogP contribution in [-0.2, 0) is 23.0 Å². The highest BCUT2D eigenvalue weighted by Gasteiger charge is 2.24. The smallest absolute Gasteiger partial charge is 0.207 e. The van der Waals surface area contributed by atoms with Crippen LogP contribution in [0.15, 0.2) is 77.0 Å². The predicted molar refractivity (Wildman–Crippen MR) is 103 cm³/mol. The Morgan fingerprint density at radius 2 is 1.69 bits per heavy atom. The van der Waals surface area contributed by atoms with Gasteiger partial charge in [0.2, 0.25) is 10.0 Å². The molecule has 0 spiro atoms. The molecule has 2 aromatic carbocycles. The zero-order valence-corrected chi connectivity index (χ0v) is 15.7. The van der Waals surface area contributed by atoms with Gasteiger partial charge >= 0.3 is 0 Å². The molecule has 1 aromatic heterocycles. The fourth-order valence-corrected chi connectivity index (χ4v) is 4.83. The van der Waals surface area contributed by atoms with Crippen molar-refractivity contribution in [2.24, 2.45) is 0 Å². The maximum atomic E-state index is 13.1. The Bertz CT molecular complexity index is 975. The van der Waals surface area contributed by atoms with Crippen LogP contribution >= 0.6 is 11.3 Å². The van der Waals surface area contributed by atoms with Crippen LogP contribution in [0.4, 0.5) is 0 Å². The molecule has 0 atom stereocenters. The molecule has 132 valence electrons. The summed E-state index contributed by atoms with van der Waals surface area (Å²) in [5.41, 5.74) is 1.54. The van der Waals surface area contributed by atoms with Crippen molar-refractivity contribution in [1.82, 2.24) is 4.31 Å². The Kier molecular flexibility index (Phi) is 5.84. The van der Waals surface area contributed by atoms with Crippen molar-refractivity contribution in [1.29, 1.82) is 5.26 Å². The first kappa shape index (κ1) is 18.3. The van der Waals surface area contributed by atoms with Crippen LogP contribution in [0.25, 0.3) is 0 Å². The number of rotatable bonds is 7. The maximum Gasteiger partial charge on any atom is 0.243 e. The van der Waals surface area contributed by atoms with Gasteiger partial charge in [-0.3, -0.25) is 0 Å². The number of sulfonamides is 1. The SMILES string of the molecule is N#Cc1ccc(S(=O)(=O)N(CCc2ccccc2)Cc2cccs2)cc1. The Morgan fingerprint density at radius 1 is 0.962 bits per heavy atom. The third-order valence-electron chi connectivity index (χ3n) is 4.03. The van der Waals surface area contributed by atoms with Crippen molar-refractivity contribution >= 4 is 21.4 Å². The zero-order chi connectivity index (χ0) is 18.4. The highest BCUT2D eigenvalue weighted by molar-refractivity contribution is 7.89. The third kappa shape index (κ3) is 4.38. The van der Waals surface area contributed by atoms with Gasteiger partial charge in [0.15, 0.2) is 0 Å². The molecular formula is C20H18N2O2S2. The molecule has 3 aromatic rings. The van der Waals surface area contributed by atoms with Gasteiger partial charge in [-0.2, -0.15) is 9.57 Å². The van der Waals surface area contributed by atoms with Gasteiger partial charge in [-0.1, -0.05) is 36.4 Å². The minimum absolute atomic E-state index is 0.209. The van der Waals surface area contributed by atoms with Crippen LogP contribution in [0.3, 0.4) is 0 Å². The van der Waals surface area contributed by atoms with E-state index in [-0.39, 0.29) is 4.90 Å². The van der Waals surface area contributed by atoms with E-state index in [2.05, 4.69) is 0 Å². The quantitative estimate of drug-likeness (QED) is 0.619. The van der Waals surface area contributed by atoms with Crippen molar-refractivity contribution in [3.8, 4) is 6.07 Å². The average Bonchev–Trinajstić information content (AvgIpc) is 3.19. The van der Waals surface area contributed by atoms with Gasteiger partial charge in [0.1, 0.15) is 0 Å². The molecule has 1 heterocycles. The second kappa shape index (κ2) is 8.28. The number of benzene rings is 2. The fraction of sp³-hybridized carbons (Fsp3) is 0.150. The van der Waals surface area contributed by atoms with E-state index in [1.165, 1.54) is 28.6 Å². The summed E-state index contributed by atoms with van der Waals surface area (Å²) >= 11 is 1.54. The van der Waals surface area contributed by atoms with Gasteiger partial charge in [0.25, 0.3) is 0 Å². The monoisotopic (exact) mass is 382 g/mol. The Hall–Kier alpha value is -2.46. The number of hydrogen-bond acceptors (Lipinski definition) is 4. The Labute approximate surface area is 158 Å². The normalized spacial score (nSPS) is 11.4. The minimum atomic E-state index is -3.64. The van der Waals surface area contributed by atoms with Crippen molar-refractivity contribution in [3.05, 3.63) is 88.1 Å². The summed E-state index contributed by atoms with van der Waals surface area (Å²) in [4.78, 5) is 1.20. The van der Waals surface area contributed by atoms with Gasteiger partial charge < -0.3 is 0 Å². The molecule has 0 aliphatic heterocycles. The molecule has 0 aliphatic carbocycles. The Morgan fingerprint density at radius 3 is 2.31 bits per heavy atom. The van der Waals surface area contributed by atoms with Crippen molar-refractivity contribution in [3.63, 3.8) is 0 Å². The lowest BCUT2D eigenvalue weighted by Crippen LogP contribution is -2.32. The molecule has 3 rings (SSSR count). The van der Waals surface area contributed by atoms with Gasteiger partial charge in [-0.15, -0.1) is 11.3 Å². The highest BCUT2D eigenvalue weighted by atomic mass is 32.2. The van der Waals surface area contributed by atoms with E-state index in [9.17, 15) is 8.42 Å². The van der Waals surface area contributed by atoms with Crippen molar-refractivity contribution in [2.75, 3.05) is 6.54 Å². The minimum Gasteiger partial charge on any atom is -0.207 e. The zero-order valence-electron chi connectivity index (χ0n) is 14.1. The van der Waals surface area contributed by atoms with Crippen LogP contribution in [0.5, 0.6) is 0 Å². The van der Waals surface area contributed by atoms with E-state index < -0.39 is 10.0 Å². The van der Waals surface area contributed by atoms with Gasteiger partial charge in [-0.05, 0) is 47.7 Å². The van der Waals surface area contributed by atoms with Crippen LogP contribution < -0.4 is 0 Å². The van der Waals surface area contributed by atoms with Crippen LogP contribution in [0.1, 0.15) is 16.0 Å². The maximum absolute atomic E-state index is 13.1. The molecule has 0 fully saturated rings. The number of nitrogens with zero attached hydrogens (tertiary/aromatic N) is 2. The van der Waals surface area contributed by atoms with E-state index in [0.717, 1.165) is 10.4 Å². The molecule has 0 bridgehead atoms. The lowest BCUT2D eigenvalue weighted by molar-refractivity contribution is 0.412. The van der Waals surface area contributed by atoms with Crippen LogP contribution in [0.2, 0.25) is 0 Å². The fourth-order valence-electron chi connectivity index (χ4n) is 2.61. The number of hydrogen-bond donors (Lipinski definition) is 0. The first-order chi connectivity index (χ1) is 12.6. The molecular weight excluding hydrogens is 364 g/mol. The highest BCUT2D eigenvalue weighted by Crippen LogP contribution is 2.21. The summed E-state index contributed by atoms with van der Waals surface area (Å²) in [5, 5.41) is 10.9. The predicted octanol–water partition coefficient (Wildman–Crippen LogP) is 4.05. The molecule has 0 unspecified atom stereocenters. The molecule has 0 saturated heterocycles. The van der Waals surface area contributed by atoms with E-state index >= 15 is 0 Å². The van der Waals surface area contributed by atoms with Crippen LogP contribution in [-0.4, -0.2) is 19.3 Å². The topological polar surface area (TPSA) is 61.2 Å². The summed E-state index contributed by atoms with van der Waals surface area (Å²) < 4.78 is 27.8. The van der Waals surface area contributed by atoms with Gasteiger partial charge in [-0.25, -0.2) is 8.42 Å². The van der Waals surface area contributed by atoms with Crippen LogP contribution in [0, 0.1) is 11.3 Å². The van der Waals surface area contributed by atoms with Crippen molar-refractivity contribution in [2.45, 2.75) is 17.9 Å². The van der Waals surface area contributed by atoms with E-state index in [1.807, 2.05) is 53.9 Å². The second-order valence-corrected chi connectivity index (χ2v) is 8.76. The first-order valence-electron chi connectivity index (χ1n) is 8.16. The molecule has 4 nitrogen and oxygen atoms in total. The molecule has 0 aliphatic rings. The van der Waals surface area contributed by atoms with Gasteiger partial charge in [0, 0.05) is 18.0 Å². The largest absolute Gasteiger partial charge is 0.243 e. The third-order valence-corrected chi connectivity index (χ3v) is 6.75. The Balaban J connectivity index is 1.86.